The van der Waals surface area contributed by atoms with E-state index in [0.717, 1.165) is 33.5 Å². The standard InChI is InChI=1S/C53H33N3S/c1-53(2)41-21-11-9-20-39(41)48-50(31-24-28-45-40(29-31)36-18-10-12-22-44(36)57-45)54-52(55-51(48)53)56-42-26-23-30-13-3-4-14-32(30)47(42)49-43(56)27-25-38-35-17-6-5-15-33(35)34-16-7-8-19-37(34)46(38)49/h3-29H,1-2H3. The van der Waals surface area contributed by atoms with Gasteiger partial charge in [0, 0.05) is 52.9 Å². The van der Waals surface area contributed by atoms with Crippen LogP contribution in [-0.2, 0) is 5.41 Å². The molecule has 12 aromatic rings. The number of fused-ring (bicyclic) bond motifs is 18. The van der Waals surface area contributed by atoms with Crippen molar-refractivity contribution in [3.05, 3.63) is 175 Å². The molecule has 0 amide bonds. The summed E-state index contributed by atoms with van der Waals surface area (Å²) in [7, 11) is 0. The maximum atomic E-state index is 5.72. The number of hydrogen-bond acceptors (Lipinski definition) is 3. The van der Waals surface area contributed by atoms with Crippen LogP contribution in [0.3, 0.4) is 0 Å². The van der Waals surface area contributed by atoms with Crippen LogP contribution in [0.2, 0.25) is 0 Å². The van der Waals surface area contributed by atoms with Crippen LogP contribution in [0.15, 0.2) is 164 Å². The lowest BCUT2D eigenvalue weighted by molar-refractivity contribution is 0.632. The Morgan fingerprint density at radius 1 is 0.474 bits per heavy atom. The fourth-order valence-corrected chi connectivity index (χ4v) is 11.3. The SMILES string of the molecule is CC1(C)c2ccccc2-c2c(-c3ccc4sc5ccccc5c4c3)nc(-n3c4ccc5ccccc5c4c4c5c6ccccc6c6ccccc6c5ccc43)nc21. The lowest BCUT2D eigenvalue weighted by atomic mass is 9.85. The molecule has 3 aromatic heterocycles. The van der Waals surface area contributed by atoms with E-state index in [-0.39, 0.29) is 5.41 Å². The van der Waals surface area contributed by atoms with E-state index in [1.54, 1.807) is 0 Å². The Kier molecular flexibility index (Phi) is 6.12. The van der Waals surface area contributed by atoms with Gasteiger partial charge >= 0.3 is 0 Å². The van der Waals surface area contributed by atoms with Gasteiger partial charge in [0.1, 0.15) is 0 Å². The second kappa shape index (κ2) is 11.1. The molecule has 0 saturated heterocycles. The summed E-state index contributed by atoms with van der Waals surface area (Å²) in [6.07, 6.45) is 0. The Bertz CT molecular complexity index is 3700. The normalized spacial score (nSPS) is 13.6. The average Bonchev–Trinajstić information content (AvgIpc) is 3.88. The molecule has 1 aliphatic carbocycles. The molecule has 57 heavy (non-hydrogen) atoms. The van der Waals surface area contributed by atoms with Crippen LogP contribution >= 0.6 is 11.3 Å². The molecular formula is C53H33N3S. The van der Waals surface area contributed by atoms with E-state index in [4.69, 9.17) is 9.97 Å². The van der Waals surface area contributed by atoms with Crippen molar-refractivity contribution in [3.8, 4) is 28.3 Å². The number of rotatable bonds is 2. The molecule has 0 aliphatic heterocycles. The molecule has 0 radical (unpaired) electrons. The van der Waals surface area contributed by atoms with Gasteiger partial charge in [-0.3, -0.25) is 4.57 Å². The molecule has 0 unspecified atom stereocenters. The molecular weight excluding hydrogens is 711 g/mol. The monoisotopic (exact) mass is 743 g/mol. The predicted octanol–water partition coefficient (Wildman–Crippen LogP) is 14.5. The largest absolute Gasteiger partial charge is 0.278 e. The molecule has 266 valence electrons. The lowest BCUT2D eigenvalue weighted by Crippen LogP contribution is -2.18. The Balaban J connectivity index is 1.21. The van der Waals surface area contributed by atoms with Gasteiger partial charge in [-0.2, -0.15) is 0 Å². The summed E-state index contributed by atoms with van der Waals surface area (Å²) < 4.78 is 4.93. The Morgan fingerprint density at radius 2 is 1.09 bits per heavy atom. The van der Waals surface area contributed by atoms with Crippen LogP contribution in [0.1, 0.15) is 25.1 Å². The second-order valence-electron chi connectivity index (χ2n) is 16.1. The van der Waals surface area contributed by atoms with E-state index in [9.17, 15) is 0 Å². The summed E-state index contributed by atoms with van der Waals surface area (Å²) in [6, 6.07) is 60.2. The minimum atomic E-state index is -0.329. The molecule has 0 saturated carbocycles. The number of nitrogens with zero attached hydrogens (tertiary/aromatic N) is 3. The summed E-state index contributed by atoms with van der Waals surface area (Å²) in [5.41, 5.74) is 8.65. The third kappa shape index (κ3) is 4.10. The van der Waals surface area contributed by atoms with E-state index in [1.807, 2.05) is 11.3 Å². The molecule has 0 bridgehead atoms. The van der Waals surface area contributed by atoms with Gasteiger partial charge in [0.15, 0.2) is 0 Å². The fourth-order valence-electron chi connectivity index (χ4n) is 10.2. The molecule has 4 heteroatoms. The summed E-state index contributed by atoms with van der Waals surface area (Å²) in [4.78, 5) is 11.4. The number of thiophene rings is 1. The predicted molar refractivity (Wildman–Crippen MR) is 242 cm³/mol. The van der Waals surface area contributed by atoms with Gasteiger partial charge < -0.3 is 0 Å². The number of aromatic nitrogens is 3. The zero-order chi connectivity index (χ0) is 37.6. The van der Waals surface area contributed by atoms with Crippen molar-refractivity contribution in [2.75, 3.05) is 0 Å². The minimum Gasteiger partial charge on any atom is -0.278 e. The van der Waals surface area contributed by atoms with Gasteiger partial charge in [0.25, 0.3) is 0 Å². The van der Waals surface area contributed by atoms with E-state index in [2.05, 4.69) is 182 Å². The molecule has 0 atom stereocenters. The van der Waals surface area contributed by atoms with Gasteiger partial charge in [-0.1, -0.05) is 147 Å². The molecule has 0 N–H and O–H groups in total. The van der Waals surface area contributed by atoms with Gasteiger partial charge in [-0.15, -0.1) is 11.3 Å². The van der Waals surface area contributed by atoms with Crippen molar-refractivity contribution >= 4 is 96.4 Å². The third-order valence-electron chi connectivity index (χ3n) is 12.7. The van der Waals surface area contributed by atoms with Crippen LogP contribution in [0.5, 0.6) is 0 Å². The van der Waals surface area contributed by atoms with E-state index < -0.39 is 0 Å². The maximum absolute atomic E-state index is 5.72. The van der Waals surface area contributed by atoms with Gasteiger partial charge in [-0.05, 0) is 79.2 Å². The molecule has 0 spiro atoms. The van der Waals surface area contributed by atoms with Crippen LogP contribution < -0.4 is 0 Å². The molecule has 1 aliphatic rings. The molecule has 3 nitrogen and oxygen atoms in total. The maximum Gasteiger partial charge on any atom is 0.235 e. The molecule has 3 heterocycles. The Labute approximate surface area is 332 Å². The Hall–Kier alpha value is -6.88. The van der Waals surface area contributed by atoms with Crippen LogP contribution in [0.4, 0.5) is 0 Å². The van der Waals surface area contributed by atoms with Crippen molar-refractivity contribution in [2.24, 2.45) is 0 Å². The average molecular weight is 744 g/mol. The third-order valence-corrected chi connectivity index (χ3v) is 13.9. The smallest absolute Gasteiger partial charge is 0.235 e. The minimum absolute atomic E-state index is 0.329. The Morgan fingerprint density at radius 3 is 1.91 bits per heavy atom. The van der Waals surface area contributed by atoms with E-state index >= 15 is 0 Å². The lowest BCUT2D eigenvalue weighted by Gasteiger charge is -2.21. The zero-order valence-corrected chi connectivity index (χ0v) is 32.2. The quantitative estimate of drug-likeness (QED) is 0.165. The molecule has 13 rings (SSSR count). The summed E-state index contributed by atoms with van der Waals surface area (Å²) in [6.45, 7) is 4.63. The highest BCUT2D eigenvalue weighted by atomic mass is 32.1. The van der Waals surface area contributed by atoms with Gasteiger partial charge in [-0.25, -0.2) is 9.97 Å². The van der Waals surface area contributed by atoms with Gasteiger partial charge in [0.2, 0.25) is 5.95 Å². The van der Waals surface area contributed by atoms with Crippen molar-refractivity contribution in [1.29, 1.82) is 0 Å². The first kappa shape index (κ1) is 31.3. The number of benzene rings is 9. The van der Waals surface area contributed by atoms with Crippen LogP contribution in [-0.4, -0.2) is 14.5 Å². The first-order valence-electron chi connectivity index (χ1n) is 19.7. The van der Waals surface area contributed by atoms with Crippen LogP contribution in [0, 0.1) is 0 Å². The van der Waals surface area contributed by atoms with Gasteiger partial charge in [0.05, 0.1) is 22.4 Å². The summed E-state index contributed by atoms with van der Waals surface area (Å²) in [5, 5.41) is 15.1. The van der Waals surface area contributed by atoms with Crippen molar-refractivity contribution in [3.63, 3.8) is 0 Å². The molecule has 9 aromatic carbocycles. The second-order valence-corrected chi connectivity index (χ2v) is 17.1. The highest BCUT2D eigenvalue weighted by Gasteiger charge is 2.40. The summed E-state index contributed by atoms with van der Waals surface area (Å²) >= 11 is 1.85. The van der Waals surface area contributed by atoms with Crippen molar-refractivity contribution in [1.82, 2.24) is 14.5 Å². The van der Waals surface area contributed by atoms with E-state index in [1.165, 1.54) is 85.2 Å². The van der Waals surface area contributed by atoms with Crippen molar-refractivity contribution < 1.29 is 0 Å². The highest BCUT2D eigenvalue weighted by Crippen LogP contribution is 2.52. The first-order chi connectivity index (χ1) is 28.0. The first-order valence-corrected chi connectivity index (χ1v) is 20.5. The fraction of sp³-hybridized carbons (Fsp3) is 0.0566. The van der Waals surface area contributed by atoms with Crippen molar-refractivity contribution in [2.45, 2.75) is 19.3 Å². The zero-order valence-electron chi connectivity index (χ0n) is 31.3. The number of hydrogen-bond donors (Lipinski definition) is 0. The summed E-state index contributed by atoms with van der Waals surface area (Å²) in [5.74, 6) is 0.694. The van der Waals surface area contributed by atoms with E-state index in [0.29, 0.717) is 5.95 Å². The topological polar surface area (TPSA) is 30.7 Å². The van der Waals surface area contributed by atoms with Crippen LogP contribution in [0.25, 0.3) is 113 Å². The highest BCUT2D eigenvalue weighted by molar-refractivity contribution is 7.25. The molecule has 0 fully saturated rings.